The molecule has 0 atom stereocenters. The Balaban J connectivity index is 2.10. The van der Waals surface area contributed by atoms with Crippen molar-refractivity contribution in [2.45, 2.75) is 11.8 Å². The van der Waals surface area contributed by atoms with Crippen LogP contribution in [0.15, 0.2) is 41.3 Å². The van der Waals surface area contributed by atoms with E-state index in [9.17, 15) is 18.0 Å². The third-order valence-electron chi connectivity index (χ3n) is 3.53. The van der Waals surface area contributed by atoms with Crippen molar-refractivity contribution in [2.24, 2.45) is 0 Å². The van der Waals surface area contributed by atoms with E-state index in [1.807, 2.05) is 0 Å². The van der Waals surface area contributed by atoms with Gasteiger partial charge in [-0.25, -0.2) is 8.42 Å². The molecule has 0 bridgehead atoms. The third-order valence-corrected chi connectivity index (χ3v) is 6.39. The smallest absolute Gasteiger partial charge is 0.243 e. The Hall–Kier alpha value is -1.84. The lowest BCUT2D eigenvalue weighted by atomic mass is 10.3. The Morgan fingerprint density at radius 1 is 0.964 bits per heavy atom. The monoisotopic (exact) mass is 463 g/mol. The number of hydrogen-bond acceptors (Lipinski definition) is 4. The molecule has 150 valence electrons. The summed E-state index contributed by atoms with van der Waals surface area (Å²) in [6.45, 7) is 0.892. The topological polar surface area (TPSA) is 95.6 Å². The molecule has 11 heteroatoms. The standard InChI is InChI=1S/C17H16Cl3N3O4S/c1-10(24)21-11-3-5-12(6-4-11)28(26,27)23(2)9-17(25)22-16-8-14(19)13(18)7-15(16)20/h3-8H,9H2,1-2H3,(H,21,24)(H,22,25). The van der Waals surface area contributed by atoms with E-state index in [1.165, 1.54) is 50.4 Å². The van der Waals surface area contributed by atoms with E-state index in [4.69, 9.17) is 34.8 Å². The molecular formula is C17H16Cl3N3O4S. The fraction of sp³-hybridized carbons (Fsp3) is 0.176. The number of nitrogens with zero attached hydrogens (tertiary/aromatic N) is 1. The van der Waals surface area contributed by atoms with Gasteiger partial charge in [-0.3, -0.25) is 9.59 Å². The number of likely N-dealkylation sites (N-methyl/N-ethyl adjacent to an activating group) is 1. The highest BCUT2D eigenvalue weighted by atomic mass is 35.5. The fourth-order valence-electron chi connectivity index (χ4n) is 2.19. The van der Waals surface area contributed by atoms with E-state index >= 15 is 0 Å². The summed E-state index contributed by atoms with van der Waals surface area (Å²) in [6, 6.07) is 8.34. The van der Waals surface area contributed by atoms with Gasteiger partial charge in [-0.1, -0.05) is 34.8 Å². The molecular weight excluding hydrogens is 449 g/mol. The van der Waals surface area contributed by atoms with Gasteiger partial charge in [0.15, 0.2) is 0 Å². The number of rotatable bonds is 6. The molecule has 2 rings (SSSR count). The second kappa shape index (κ2) is 9.11. The van der Waals surface area contributed by atoms with E-state index < -0.39 is 22.5 Å². The lowest BCUT2D eigenvalue weighted by Gasteiger charge is -2.17. The first-order chi connectivity index (χ1) is 13.0. The van der Waals surface area contributed by atoms with Crippen molar-refractivity contribution in [3.05, 3.63) is 51.5 Å². The quantitative estimate of drug-likeness (QED) is 0.635. The maximum atomic E-state index is 12.6. The van der Waals surface area contributed by atoms with Crippen molar-refractivity contribution in [3.63, 3.8) is 0 Å². The number of halogens is 3. The first kappa shape index (κ1) is 22.4. The van der Waals surface area contributed by atoms with Crippen molar-refractivity contribution < 1.29 is 18.0 Å². The molecule has 0 aromatic heterocycles. The van der Waals surface area contributed by atoms with Gasteiger partial charge in [-0.15, -0.1) is 0 Å². The Morgan fingerprint density at radius 3 is 2.11 bits per heavy atom. The van der Waals surface area contributed by atoms with Crippen LogP contribution in [0.2, 0.25) is 15.1 Å². The second-order valence-electron chi connectivity index (χ2n) is 5.76. The van der Waals surface area contributed by atoms with Crippen LogP contribution in [-0.4, -0.2) is 38.1 Å². The lowest BCUT2D eigenvalue weighted by molar-refractivity contribution is -0.116. The van der Waals surface area contributed by atoms with Gasteiger partial charge >= 0.3 is 0 Å². The van der Waals surface area contributed by atoms with Crippen molar-refractivity contribution in [2.75, 3.05) is 24.2 Å². The molecule has 2 N–H and O–H groups in total. The van der Waals surface area contributed by atoms with Crippen LogP contribution in [0.3, 0.4) is 0 Å². The summed E-state index contributed by atoms with van der Waals surface area (Å²) < 4.78 is 26.1. The van der Waals surface area contributed by atoms with Crippen molar-refractivity contribution in [1.82, 2.24) is 4.31 Å². The summed E-state index contributed by atoms with van der Waals surface area (Å²) in [5.74, 6) is -0.883. The summed E-state index contributed by atoms with van der Waals surface area (Å²) >= 11 is 17.7. The lowest BCUT2D eigenvalue weighted by Crippen LogP contribution is -2.35. The van der Waals surface area contributed by atoms with Crippen molar-refractivity contribution in [1.29, 1.82) is 0 Å². The first-order valence-electron chi connectivity index (χ1n) is 7.79. The maximum absolute atomic E-state index is 12.6. The average molecular weight is 465 g/mol. The van der Waals surface area contributed by atoms with E-state index in [0.717, 1.165) is 4.31 Å². The Bertz CT molecular complexity index is 1010. The van der Waals surface area contributed by atoms with Crippen LogP contribution in [0.5, 0.6) is 0 Å². The van der Waals surface area contributed by atoms with Crippen LogP contribution >= 0.6 is 34.8 Å². The molecule has 0 spiro atoms. The molecule has 28 heavy (non-hydrogen) atoms. The number of benzene rings is 2. The van der Waals surface area contributed by atoms with Gasteiger partial charge < -0.3 is 10.6 Å². The van der Waals surface area contributed by atoms with Crippen LogP contribution in [0, 0.1) is 0 Å². The molecule has 0 heterocycles. The van der Waals surface area contributed by atoms with Crippen molar-refractivity contribution in [3.8, 4) is 0 Å². The van der Waals surface area contributed by atoms with Gasteiger partial charge in [0.25, 0.3) is 0 Å². The first-order valence-corrected chi connectivity index (χ1v) is 10.4. The van der Waals surface area contributed by atoms with Gasteiger partial charge in [-0.2, -0.15) is 4.31 Å². The molecule has 0 saturated carbocycles. The number of carbonyl (C=O) groups is 2. The number of hydrogen-bond donors (Lipinski definition) is 2. The van der Waals surface area contributed by atoms with Gasteiger partial charge in [-0.05, 0) is 36.4 Å². The number of nitrogens with one attached hydrogen (secondary N) is 2. The molecule has 0 aliphatic rings. The highest BCUT2D eigenvalue weighted by Crippen LogP contribution is 2.32. The molecule has 0 aliphatic heterocycles. The number of amides is 2. The molecule has 0 fully saturated rings. The summed E-state index contributed by atoms with van der Waals surface area (Å²) in [5.41, 5.74) is 0.674. The molecule has 2 aromatic carbocycles. The van der Waals surface area contributed by atoms with Gasteiger partial charge in [0.2, 0.25) is 21.8 Å². The zero-order valence-corrected chi connectivity index (χ0v) is 17.9. The Labute approximate surface area is 177 Å². The zero-order valence-electron chi connectivity index (χ0n) is 14.8. The Kier molecular flexibility index (Phi) is 7.30. The van der Waals surface area contributed by atoms with Gasteiger partial charge in [0, 0.05) is 19.7 Å². The number of sulfonamides is 1. The maximum Gasteiger partial charge on any atom is 0.243 e. The molecule has 0 unspecified atom stereocenters. The zero-order chi connectivity index (χ0) is 21.1. The molecule has 2 amide bonds. The minimum absolute atomic E-state index is 0.0236. The normalized spacial score (nSPS) is 11.4. The van der Waals surface area contributed by atoms with Crippen LogP contribution < -0.4 is 10.6 Å². The van der Waals surface area contributed by atoms with Crippen LogP contribution in [0.4, 0.5) is 11.4 Å². The number of anilines is 2. The number of carbonyl (C=O) groups excluding carboxylic acids is 2. The average Bonchev–Trinajstić information content (AvgIpc) is 2.59. The van der Waals surface area contributed by atoms with E-state index in [1.54, 1.807) is 0 Å². The van der Waals surface area contributed by atoms with Gasteiger partial charge in [0.1, 0.15) is 0 Å². The highest BCUT2D eigenvalue weighted by Gasteiger charge is 2.23. The largest absolute Gasteiger partial charge is 0.326 e. The van der Waals surface area contributed by atoms with E-state index in [-0.39, 0.29) is 31.6 Å². The summed E-state index contributed by atoms with van der Waals surface area (Å²) in [6.07, 6.45) is 0. The van der Waals surface area contributed by atoms with Crippen LogP contribution in [0.1, 0.15) is 6.92 Å². The molecule has 0 radical (unpaired) electrons. The van der Waals surface area contributed by atoms with Crippen LogP contribution in [-0.2, 0) is 19.6 Å². The summed E-state index contributed by atoms with van der Waals surface area (Å²) in [7, 11) is -2.65. The van der Waals surface area contributed by atoms with Crippen LogP contribution in [0.25, 0.3) is 0 Å². The SMILES string of the molecule is CC(=O)Nc1ccc(S(=O)(=O)N(C)CC(=O)Nc2cc(Cl)c(Cl)cc2Cl)cc1. The van der Waals surface area contributed by atoms with E-state index in [0.29, 0.717) is 5.69 Å². The minimum atomic E-state index is -3.92. The highest BCUT2D eigenvalue weighted by molar-refractivity contribution is 7.89. The molecule has 0 aliphatic carbocycles. The summed E-state index contributed by atoms with van der Waals surface area (Å²) in [5, 5.41) is 5.63. The molecule has 0 saturated heterocycles. The minimum Gasteiger partial charge on any atom is -0.326 e. The van der Waals surface area contributed by atoms with Crippen molar-refractivity contribution >= 4 is 68.0 Å². The molecule has 7 nitrogen and oxygen atoms in total. The summed E-state index contributed by atoms with van der Waals surface area (Å²) in [4.78, 5) is 23.2. The Morgan fingerprint density at radius 2 is 1.54 bits per heavy atom. The fourth-order valence-corrected chi connectivity index (χ4v) is 3.91. The molecule has 2 aromatic rings. The predicted octanol–water partition coefficient (Wildman–Crippen LogP) is 3.86. The van der Waals surface area contributed by atoms with Gasteiger partial charge in [0.05, 0.1) is 32.2 Å². The third kappa shape index (κ3) is 5.59. The van der Waals surface area contributed by atoms with E-state index in [2.05, 4.69) is 10.6 Å². The predicted molar refractivity (Wildman–Crippen MR) is 111 cm³/mol. The second-order valence-corrected chi connectivity index (χ2v) is 9.03.